The van der Waals surface area contributed by atoms with Gasteiger partial charge in [-0.15, -0.1) is 0 Å². The molecule has 2 nitrogen and oxygen atoms in total. The van der Waals surface area contributed by atoms with E-state index in [9.17, 15) is 8.60 Å². The van der Waals surface area contributed by atoms with Gasteiger partial charge in [0.25, 0.3) is 0 Å². The van der Waals surface area contributed by atoms with Crippen LogP contribution in [0.25, 0.3) is 0 Å². The number of hydrogen-bond donors (Lipinski definition) is 0. The molecule has 0 aromatic heterocycles. The summed E-state index contributed by atoms with van der Waals surface area (Å²) in [6.45, 7) is 1.94. The lowest BCUT2D eigenvalue weighted by molar-refractivity contribution is 0.614. The quantitative estimate of drug-likeness (QED) is 0.789. The summed E-state index contributed by atoms with van der Waals surface area (Å²) in [5, 5.41) is 8.54. The van der Waals surface area contributed by atoms with Crippen LogP contribution >= 0.6 is 0 Å². The summed E-state index contributed by atoms with van der Waals surface area (Å²) in [6.07, 6.45) is 0.824. The highest BCUT2D eigenvalue weighted by molar-refractivity contribution is 7.84. The fourth-order valence-electron chi connectivity index (χ4n) is 1.21. The van der Waals surface area contributed by atoms with Crippen LogP contribution in [0.15, 0.2) is 18.2 Å². The Bertz CT molecular complexity index is 412. The number of benzene rings is 1. The van der Waals surface area contributed by atoms with E-state index in [1.54, 1.807) is 6.07 Å². The van der Waals surface area contributed by atoms with E-state index >= 15 is 0 Å². The third-order valence-electron chi connectivity index (χ3n) is 1.93. The average Bonchev–Trinajstić information content (AvgIpc) is 2.21. The van der Waals surface area contributed by atoms with Gasteiger partial charge in [-0.25, -0.2) is 4.39 Å². The Kier molecular flexibility index (Phi) is 4.44. The van der Waals surface area contributed by atoms with Gasteiger partial charge in [-0.1, -0.05) is 13.0 Å². The van der Waals surface area contributed by atoms with E-state index in [0.717, 1.165) is 6.42 Å². The minimum Gasteiger partial charge on any atom is -0.259 e. The number of hydrogen-bond acceptors (Lipinski definition) is 2. The Morgan fingerprint density at radius 3 is 2.80 bits per heavy atom. The zero-order valence-corrected chi connectivity index (χ0v) is 9.31. The van der Waals surface area contributed by atoms with Crippen LogP contribution in [-0.2, 0) is 16.6 Å². The number of halogens is 1. The van der Waals surface area contributed by atoms with Crippen LogP contribution in [-0.4, -0.2) is 9.96 Å². The summed E-state index contributed by atoms with van der Waals surface area (Å²) < 4.78 is 24.8. The fraction of sp³-hybridized carbons (Fsp3) is 0.364. The Hall–Kier alpha value is -1.21. The van der Waals surface area contributed by atoms with Gasteiger partial charge in [-0.3, -0.25) is 4.21 Å². The minimum absolute atomic E-state index is 0.228. The molecule has 1 unspecified atom stereocenters. The van der Waals surface area contributed by atoms with Crippen LogP contribution in [0, 0.1) is 17.1 Å². The van der Waals surface area contributed by atoms with Crippen LogP contribution < -0.4 is 0 Å². The Labute approximate surface area is 91.2 Å². The van der Waals surface area contributed by atoms with E-state index in [4.69, 9.17) is 5.26 Å². The molecule has 0 amide bonds. The van der Waals surface area contributed by atoms with Crippen LogP contribution in [0.5, 0.6) is 0 Å². The van der Waals surface area contributed by atoms with Crippen molar-refractivity contribution < 1.29 is 8.60 Å². The topological polar surface area (TPSA) is 40.9 Å². The van der Waals surface area contributed by atoms with Crippen molar-refractivity contribution in [3.63, 3.8) is 0 Å². The highest BCUT2D eigenvalue weighted by Crippen LogP contribution is 2.12. The highest BCUT2D eigenvalue weighted by atomic mass is 32.2. The molecule has 0 aliphatic rings. The van der Waals surface area contributed by atoms with Crippen LogP contribution in [0.1, 0.15) is 24.5 Å². The van der Waals surface area contributed by atoms with Gasteiger partial charge in [0.15, 0.2) is 0 Å². The number of nitriles is 1. The molecule has 80 valence electrons. The third-order valence-corrected chi connectivity index (χ3v) is 3.43. The van der Waals surface area contributed by atoms with Crippen molar-refractivity contribution in [1.29, 1.82) is 5.26 Å². The van der Waals surface area contributed by atoms with Crippen molar-refractivity contribution >= 4 is 10.8 Å². The molecule has 0 bridgehead atoms. The lowest BCUT2D eigenvalue weighted by atomic mass is 10.1. The van der Waals surface area contributed by atoms with Crippen LogP contribution in [0.2, 0.25) is 0 Å². The van der Waals surface area contributed by atoms with Crippen molar-refractivity contribution in [3.8, 4) is 6.07 Å². The Balaban J connectivity index is 2.79. The molecule has 15 heavy (non-hydrogen) atoms. The van der Waals surface area contributed by atoms with Gasteiger partial charge in [0.05, 0.1) is 17.4 Å². The summed E-state index contributed by atoms with van der Waals surface area (Å²) in [7, 11) is -1.01. The molecule has 0 spiro atoms. The second-order valence-electron chi connectivity index (χ2n) is 3.21. The van der Waals surface area contributed by atoms with Crippen molar-refractivity contribution in [2.75, 3.05) is 5.75 Å². The zero-order valence-electron chi connectivity index (χ0n) is 8.50. The van der Waals surface area contributed by atoms with Gasteiger partial charge in [0.1, 0.15) is 5.82 Å². The van der Waals surface area contributed by atoms with Crippen molar-refractivity contribution in [3.05, 3.63) is 35.1 Å². The summed E-state index contributed by atoms with van der Waals surface area (Å²) >= 11 is 0. The normalized spacial score (nSPS) is 12.1. The first kappa shape index (κ1) is 11.9. The van der Waals surface area contributed by atoms with Gasteiger partial charge in [0.2, 0.25) is 0 Å². The Morgan fingerprint density at radius 1 is 1.53 bits per heavy atom. The fourth-order valence-corrected chi connectivity index (χ4v) is 2.39. The monoisotopic (exact) mass is 225 g/mol. The lowest BCUT2D eigenvalue weighted by Gasteiger charge is -2.02. The highest BCUT2D eigenvalue weighted by Gasteiger charge is 2.07. The molecule has 0 aliphatic carbocycles. The van der Waals surface area contributed by atoms with Gasteiger partial charge >= 0.3 is 0 Å². The second-order valence-corrected chi connectivity index (χ2v) is 4.78. The van der Waals surface area contributed by atoms with Crippen molar-refractivity contribution in [1.82, 2.24) is 0 Å². The maximum absolute atomic E-state index is 13.4. The second kappa shape index (κ2) is 5.62. The molecule has 0 saturated heterocycles. The summed E-state index contributed by atoms with van der Waals surface area (Å²) in [5.74, 6) is 0.365. The summed E-state index contributed by atoms with van der Waals surface area (Å²) in [6, 6.07) is 6.11. The van der Waals surface area contributed by atoms with Gasteiger partial charge in [0, 0.05) is 22.1 Å². The van der Waals surface area contributed by atoms with Crippen molar-refractivity contribution in [2.24, 2.45) is 0 Å². The molecule has 0 radical (unpaired) electrons. The number of rotatable bonds is 4. The molecule has 0 aliphatic heterocycles. The molecule has 0 fully saturated rings. The minimum atomic E-state index is -1.01. The molecular weight excluding hydrogens is 213 g/mol. The molecular formula is C11H12FNOS. The van der Waals surface area contributed by atoms with Gasteiger partial charge < -0.3 is 0 Å². The molecule has 1 rings (SSSR count). The van der Waals surface area contributed by atoms with E-state index in [-0.39, 0.29) is 11.3 Å². The van der Waals surface area contributed by atoms with Crippen molar-refractivity contribution in [2.45, 2.75) is 19.1 Å². The van der Waals surface area contributed by atoms with E-state index in [0.29, 0.717) is 11.3 Å². The molecule has 0 heterocycles. The van der Waals surface area contributed by atoms with E-state index < -0.39 is 16.6 Å². The third kappa shape index (κ3) is 3.45. The lowest BCUT2D eigenvalue weighted by Crippen LogP contribution is -2.02. The molecule has 0 saturated carbocycles. The van der Waals surface area contributed by atoms with Gasteiger partial charge in [-0.05, 0) is 18.6 Å². The predicted octanol–water partition coefficient (Wildman–Crippen LogP) is 2.36. The Morgan fingerprint density at radius 2 is 2.27 bits per heavy atom. The van der Waals surface area contributed by atoms with Crippen LogP contribution in [0.4, 0.5) is 4.39 Å². The molecule has 1 aromatic rings. The smallest absolute Gasteiger partial charge is 0.128 e. The first-order chi connectivity index (χ1) is 7.17. The average molecular weight is 225 g/mol. The maximum Gasteiger partial charge on any atom is 0.128 e. The standard InChI is InChI=1S/C11H12FNOS/c1-2-5-15(14)8-10-4-3-9(7-13)6-11(10)12/h3-4,6H,2,5,8H2,1H3. The largest absolute Gasteiger partial charge is 0.259 e. The molecule has 1 aromatic carbocycles. The zero-order chi connectivity index (χ0) is 11.3. The SMILES string of the molecule is CCCS(=O)Cc1ccc(C#N)cc1F. The first-order valence-electron chi connectivity index (χ1n) is 4.71. The predicted molar refractivity (Wildman–Crippen MR) is 58.1 cm³/mol. The maximum atomic E-state index is 13.4. The van der Waals surface area contributed by atoms with Crippen LogP contribution in [0.3, 0.4) is 0 Å². The molecule has 1 atom stereocenters. The van der Waals surface area contributed by atoms with E-state index in [2.05, 4.69) is 0 Å². The summed E-state index contributed by atoms with van der Waals surface area (Å²) in [4.78, 5) is 0. The van der Waals surface area contributed by atoms with Gasteiger partial charge in [-0.2, -0.15) is 5.26 Å². The van der Waals surface area contributed by atoms with E-state index in [1.165, 1.54) is 12.1 Å². The molecule has 4 heteroatoms. The van der Waals surface area contributed by atoms with E-state index in [1.807, 2.05) is 13.0 Å². The number of nitrogens with zero attached hydrogens (tertiary/aromatic N) is 1. The first-order valence-corrected chi connectivity index (χ1v) is 6.19. The molecule has 0 N–H and O–H groups in total. The summed E-state index contributed by atoms with van der Waals surface area (Å²) in [5.41, 5.74) is 0.707.